The van der Waals surface area contributed by atoms with Gasteiger partial charge in [-0.15, -0.1) is 0 Å². The van der Waals surface area contributed by atoms with E-state index in [1.54, 1.807) is 43.4 Å². The number of likely N-dealkylation sites (tertiary alicyclic amines) is 1. The Hall–Kier alpha value is -3.66. The highest BCUT2D eigenvalue weighted by molar-refractivity contribution is 5.95. The lowest BCUT2D eigenvalue weighted by Crippen LogP contribution is -2.56. The fourth-order valence-corrected chi connectivity index (χ4v) is 4.59. The second kappa shape index (κ2) is 8.46. The molecule has 1 amide bonds. The number of anilines is 2. The van der Waals surface area contributed by atoms with E-state index in [1.165, 1.54) is 12.1 Å². The molecule has 166 valence electrons. The van der Waals surface area contributed by atoms with Crippen molar-refractivity contribution in [3.8, 4) is 24.0 Å². The van der Waals surface area contributed by atoms with Crippen LogP contribution in [-0.4, -0.2) is 43.7 Å². The van der Waals surface area contributed by atoms with Crippen LogP contribution in [0.5, 0.6) is 11.5 Å². The van der Waals surface area contributed by atoms with Crippen LogP contribution >= 0.6 is 0 Å². The fraction of sp³-hybridized carbons (Fsp3) is 0.320. The van der Waals surface area contributed by atoms with Crippen molar-refractivity contribution in [1.29, 1.82) is 0 Å². The lowest BCUT2D eigenvalue weighted by molar-refractivity contribution is 0.0694. The van der Waals surface area contributed by atoms with Gasteiger partial charge in [0.2, 0.25) is 0 Å². The Morgan fingerprint density at radius 3 is 2.38 bits per heavy atom. The lowest BCUT2D eigenvalue weighted by Gasteiger charge is -2.49. The molecule has 1 spiro atoms. The van der Waals surface area contributed by atoms with Gasteiger partial charge in [-0.3, -0.25) is 9.69 Å². The molecule has 2 aliphatic rings. The van der Waals surface area contributed by atoms with Gasteiger partial charge in [0, 0.05) is 36.8 Å². The van der Waals surface area contributed by atoms with Crippen LogP contribution in [0, 0.1) is 18.3 Å². The summed E-state index contributed by atoms with van der Waals surface area (Å²) in [5, 5.41) is 3.59. The Labute approximate surface area is 187 Å². The van der Waals surface area contributed by atoms with Crippen molar-refractivity contribution in [2.75, 3.05) is 37.5 Å². The predicted molar refractivity (Wildman–Crippen MR) is 123 cm³/mol. The van der Waals surface area contributed by atoms with Gasteiger partial charge in [0.15, 0.2) is 0 Å². The third-order valence-electron chi connectivity index (χ3n) is 6.21. The van der Waals surface area contributed by atoms with Gasteiger partial charge in [0.05, 0.1) is 36.8 Å². The van der Waals surface area contributed by atoms with Crippen molar-refractivity contribution in [3.05, 3.63) is 59.6 Å². The number of hydrogen-bond donors (Lipinski definition) is 1. The Balaban J connectivity index is 1.59. The molecular formula is C25H26FN3O3. The standard InChI is InChI=1S/C25H26FN3O3/c1-5-23-25(27-21-8-7-18(26)15-22(21)29(23)6-2)9-11-28(12-10-25)24(30)17-13-19(31-3)16-20(14-17)32-4/h2,5,7-8,13-16,27H,9-12H2,1,3-4H3. The third kappa shape index (κ3) is 3.62. The van der Waals surface area contributed by atoms with Crippen LogP contribution in [-0.2, 0) is 0 Å². The summed E-state index contributed by atoms with van der Waals surface area (Å²) in [5.74, 6) is 0.720. The second-order valence-electron chi connectivity index (χ2n) is 7.90. The lowest BCUT2D eigenvalue weighted by atomic mass is 9.81. The maximum absolute atomic E-state index is 13.9. The van der Waals surface area contributed by atoms with Crippen LogP contribution in [0.15, 0.2) is 48.2 Å². The summed E-state index contributed by atoms with van der Waals surface area (Å²) < 4.78 is 24.5. The zero-order chi connectivity index (χ0) is 22.9. The molecule has 1 saturated heterocycles. The number of halogens is 1. The molecule has 32 heavy (non-hydrogen) atoms. The molecule has 2 aromatic rings. The molecule has 1 fully saturated rings. The number of carbonyl (C=O) groups excluding carboxylic acids is 1. The number of ether oxygens (including phenoxy) is 2. The van der Waals surface area contributed by atoms with E-state index in [-0.39, 0.29) is 11.7 Å². The number of nitrogens with zero attached hydrogens (tertiary/aromatic N) is 2. The van der Waals surface area contributed by atoms with Gasteiger partial charge >= 0.3 is 0 Å². The average molecular weight is 435 g/mol. The van der Waals surface area contributed by atoms with Crippen molar-refractivity contribution >= 4 is 17.3 Å². The predicted octanol–water partition coefficient (Wildman–Crippen LogP) is 4.24. The quantitative estimate of drug-likeness (QED) is 0.731. The molecule has 2 aromatic carbocycles. The van der Waals surface area contributed by atoms with Gasteiger partial charge in [-0.1, -0.05) is 12.5 Å². The Morgan fingerprint density at radius 2 is 1.81 bits per heavy atom. The van der Waals surface area contributed by atoms with Crippen LogP contribution in [0.25, 0.3) is 0 Å². The van der Waals surface area contributed by atoms with Gasteiger partial charge < -0.3 is 19.7 Å². The van der Waals surface area contributed by atoms with Gasteiger partial charge in [-0.25, -0.2) is 4.39 Å². The van der Waals surface area contributed by atoms with Gasteiger partial charge in [0.1, 0.15) is 17.3 Å². The van der Waals surface area contributed by atoms with E-state index in [0.717, 1.165) is 11.4 Å². The van der Waals surface area contributed by atoms with Crippen LogP contribution in [0.4, 0.5) is 15.8 Å². The summed E-state index contributed by atoms with van der Waals surface area (Å²) in [6, 6.07) is 12.4. The molecule has 1 N–H and O–H groups in total. The van der Waals surface area contributed by atoms with Crippen LogP contribution in [0.2, 0.25) is 0 Å². The fourth-order valence-electron chi connectivity index (χ4n) is 4.59. The molecule has 0 saturated carbocycles. The first kappa shape index (κ1) is 21.6. The van der Waals surface area contributed by atoms with E-state index in [9.17, 15) is 9.18 Å². The van der Waals surface area contributed by atoms with Crippen LogP contribution in [0.1, 0.15) is 30.1 Å². The van der Waals surface area contributed by atoms with Crippen LogP contribution < -0.4 is 19.7 Å². The number of nitrogens with one attached hydrogen (secondary N) is 1. The zero-order valence-corrected chi connectivity index (χ0v) is 18.4. The highest BCUT2D eigenvalue weighted by Gasteiger charge is 2.44. The van der Waals surface area contributed by atoms with Crippen molar-refractivity contribution in [2.45, 2.75) is 25.3 Å². The molecule has 4 rings (SSSR count). The van der Waals surface area contributed by atoms with E-state index < -0.39 is 5.54 Å². The number of amides is 1. The Kier molecular flexibility index (Phi) is 5.70. The van der Waals surface area contributed by atoms with Gasteiger partial charge in [-0.05, 0) is 44.0 Å². The third-order valence-corrected chi connectivity index (χ3v) is 6.21. The summed E-state index contributed by atoms with van der Waals surface area (Å²) in [6.45, 7) is 3.00. The minimum atomic E-state index is -0.436. The molecule has 0 aliphatic carbocycles. The molecule has 7 heteroatoms. The van der Waals surface area contributed by atoms with E-state index in [1.807, 2.05) is 17.9 Å². The summed E-state index contributed by atoms with van der Waals surface area (Å²) in [5.41, 5.74) is 2.38. The number of hydrogen-bond acceptors (Lipinski definition) is 5. The smallest absolute Gasteiger partial charge is 0.254 e. The van der Waals surface area contributed by atoms with Gasteiger partial charge in [-0.2, -0.15) is 0 Å². The van der Waals surface area contributed by atoms with Crippen molar-refractivity contribution in [3.63, 3.8) is 0 Å². The van der Waals surface area contributed by atoms with Crippen molar-refractivity contribution < 1.29 is 18.7 Å². The normalized spacial score (nSPS) is 18.0. The first-order valence-electron chi connectivity index (χ1n) is 10.5. The van der Waals surface area contributed by atoms with E-state index in [2.05, 4.69) is 11.4 Å². The zero-order valence-electron chi connectivity index (χ0n) is 18.4. The first-order valence-corrected chi connectivity index (χ1v) is 10.5. The maximum atomic E-state index is 13.9. The number of methoxy groups -OCH3 is 2. The van der Waals surface area contributed by atoms with Gasteiger partial charge in [0.25, 0.3) is 5.91 Å². The summed E-state index contributed by atoms with van der Waals surface area (Å²) in [4.78, 5) is 16.7. The molecule has 0 unspecified atom stereocenters. The summed E-state index contributed by atoms with van der Waals surface area (Å²) in [7, 11) is 3.12. The molecule has 0 bridgehead atoms. The topological polar surface area (TPSA) is 54.0 Å². The van der Waals surface area contributed by atoms with E-state index in [4.69, 9.17) is 15.9 Å². The number of carbonyl (C=O) groups is 1. The number of terminal acetylenes is 1. The largest absolute Gasteiger partial charge is 0.497 e. The number of fused-ring (bicyclic) bond motifs is 1. The molecule has 0 aromatic heterocycles. The van der Waals surface area contributed by atoms with Crippen molar-refractivity contribution in [1.82, 2.24) is 4.90 Å². The average Bonchev–Trinajstić information content (AvgIpc) is 2.83. The monoisotopic (exact) mass is 435 g/mol. The Bertz CT molecular complexity index is 1090. The van der Waals surface area contributed by atoms with Crippen LogP contribution in [0.3, 0.4) is 0 Å². The number of allylic oxidation sites excluding steroid dienone is 1. The molecule has 6 nitrogen and oxygen atoms in total. The summed E-state index contributed by atoms with van der Waals surface area (Å²) >= 11 is 0. The molecule has 0 atom stereocenters. The molecular weight excluding hydrogens is 409 g/mol. The highest BCUT2D eigenvalue weighted by atomic mass is 19.1. The second-order valence-corrected chi connectivity index (χ2v) is 7.90. The first-order chi connectivity index (χ1) is 15.4. The molecule has 0 radical (unpaired) electrons. The highest BCUT2D eigenvalue weighted by Crippen LogP contribution is 2.45. The van der Waals surface area contributed by atoms with Crippen molar-refractivity contribution in [2.24, 2.45) is 0 Å². The number of rotatable bonds is 3. The maximum Gasteiger partial charge on any atom is 0.254 e. The molecule has 2 aliphatic heterocycles. The number of benzene rings is 2. The number of piperidine rings is 1. The minimum absolute atomic E-state index is 0.0776. The van der Waals surface area contributed by atoms with E-state index >= 15 is 0 Å². The molecule has 2 heterocycles. The Morgan fingerprint density at radius 1 is 1.16 bits per heavy atom. The SMILES string of the molecule is C#CN1C(=CC)C2(CCN(C(=O)c3cc(OC)cc(OC)c3)CC2)Nc2ccc(F)cc21. The van der Waals surface area contributed by atoms with E-state index in [0.29, 0.717) is 48.7 Å². The summed E-state index contributed by atoms with van der Waals surface area (Å²) in [6.07, 6.45) is 9.11. The minimum Gasteiger partial charge on any atom is -0.497 e.